The minimum Gasteiger partial charge on any atom is -0.477 e. The van der Waals surface area contributed by atoms with E-state index in [1.165, 1.54) is 116 Å². The van der Waals surface area contributed by atoms with Gasteiger partial charge in [-0.2, -0.15) is 0 Å². The number of aliphatic carboxylic acids is 1. The summed E-state index contributed by atoms with van der Waals surface area (Å²) in [5.41, 5.74) is 0. The van der Waals surface area contributed by atoms with E-state index in [2.05, 4.69) is 86.8 Å². The monoisotopic (exact) mass is 953 g/mol. The Morgan fingerprint density at radius 2 is 0.779 bits per heavy atom. The first kappa shape index (κ1) is 64.8. The van der Waals surface area contributed by atoms with Gasteiger partial charge in [-0.3, -0.25) is 9.59 Å². The van der Waals surface area contributed by atoms with Crippen LogP contribution in [0.1, 0.15) is 239 Å². The predicted octanol–water partition coefficient (Wildman–Crippen LogP) is 16.6. The SMILES string of the molecule is CCCCC/C=C/C/C=C/C/C=C/C/C=C/CCCCCCCC(=O)OCC(COCCC(C(=O)O)[N+](C)(C)C)OC(=O)CCCCCCCCC/C=C/C/C=C/CCCCCCCCCCC. The number of nitrogens with zero attached hydrogens (tertiary/aromatic N) is 1. The van der Waals surface area contributed by atoms with Crippen LogP contribution in [-0.4, -0.2) is 80.6 Å². The van der Waals surface area contributed by atoms with Crippen LogP contribution >= 0.6 is 0 Å². The third-order valence-electron chi connectivity index (χ3n) is 12.3. The van der Waals surface area contributed by atoms with Crippen molar-refractivity contribution in [2.75, 3.05) is 41.0 Å². The van der Waals surface area contributed by atoms with Gasteiger partial charge in [-0.15, -0.1) is 0 Å². The minimum atomic E-state index is -0.880. The molecule has 392 valence electrons. The Kier molecular flexibility index (Phi) is 47.8. The van der Waals surface area contributed by atoms with Gasteiger partial charge in [-0.25, -0.2) is 4.79 Å². The smallest absolute Gasteiger partial charge is 0.362 e. The van der Waals surface area contributed by atoms with Gasteiger partial charge in [0.15, 0.2) is 12.1 Å². The summed E-state index contributed by atoms with van der Waals surface area (Å²) in [6.45, 7) is 4.70. The maximum absolute atomic E-state index is 12.8. The van der Waals surface area contributed by atoms with E-state index in [4.69, 9.17) is 14.2 Å². The van der Waals surface area contributed by atoms with E-state index in [0.717, 1.165) is 89.9 Å². The molecule has 0 aromatic heterocycles. The van der Waals surface area contributed by atoms with Crippen LogP contribution in [-0.2, 0) is 28.6 Å². The number of ether oxygens (including phenoxy) is 3. The molecule has 68 heavy (non-hydrogen) atoms. The lowest BCUT2D eigenvalue weighted by Gasteiger charge is -2.31. The third-order valence-corrected chi connectivity index (χ3v) is 12.3. The van der Waals surface area contributed by atoms with Crippen molar-refractivity contribution in [1.82, 2.24) is 0 Å². The standard InChI is InChI=1S/C60H105NO7/c1-6-8-10-12-14-16-18-20-22-24-26-28-29-31-33-35-37-39-41-43-45-47-49-51-59(63)68-56(54-66-53-52-57(60(64)65)61(3,4)5)55-67-58(62)50-48-46-44-42-40-38-36-34-32-30-27-25-23-21-19-17-15-13-11-9-7-2/h15,17,21,23,26-28,30-31,33-34,36,56-57H,6-14,16,18-20,22,24-25,29,32,35,37-55H2,1-5H3/p+1/b17-15+,23-21+,28-26+,30-27+,33-31+,36-34+. The summed E-state index contributed by atoms with van der Waals surface area (Å²) in [5.74, 6) is -1.50. The van der Waals surface area contributed by atoms with Crippen molar-refractivity contribution in [1.29, 1.82) is 0 Å². The number of carbonyl (C=O) groups excluding carboxylic acids is 2. The molecule has 0 rings (SSSR count). The predicted molar refractivity (Wildman–Crippen MR) is 289 cm³/mol. The molecule has 0 spiro atoms. The lowest BCUT2D eigenvalue weighted by molar-refractivity contribution is -0.887. The number of hydrogen-bond acceptors (Lipinski definition) is 6. The lowest BCUT2D eigenvalue weighted by atomic mass is 10.1. The number of rotatable bonds is 50. The number of carboxylic acids is 1. The highest BCUT2D eigenvalue weighted by Crippen LogP contribution is 2.15. The van der Waals surface area contributed by atoms with Gasteiger partial charge in [-0.05, 0) is 89.9 Å². The van der Waals surface area contributed by atoms with E-state index in [1.807, 2.05) is 21.1 Å². The summed E-state index contributed by atoms with van der Waals surface area (Å²) in [6, 6.07) is -0.624. The maximum Gasteiger partial charge on any atom is 0.362 e. The summed E-state index contributed by atoms with van der Waals surface area (Å²) >= 11 is 0. The Bertz CT molecular complexity index is 1340. The fraction of sp³-hybridized carbons (Fsp3) is 0.750. The van der Waals surface area contributed by atoms with E-state index in [9.17, 15) is 19.5 Å². The number of quaternary nitrogens is 1. The van der Waals surface area contributed by atoms with Gasteiger partial charge in [0.1, 0.15) is 6.61 Å². The van der Waals surface area contributed by atoms with Crippen molar-refractivity contribution in [2.45, 2.75) is 251 Å². The molecule has 2 unspecified atom stereocenters. The molecular weight excluding hydrogens is 847 g/mol. The topological polar surface area (TPSA) is 99.1 Å². The van der Waals surface area contributed by atoms with E-state index < -0.39 is 18.1 Å². The number of likely N-dealkylation sites (N-methyl/N-ethyl adjacent to an activating group) is 1. The molecule has 0 aliphatic carbocycles. The summed E-state index contributed by atoms with van der Waals surface area (Å²) < 4.78 is 17.4. The number of hydrogen-bond donors (Lipinski definition) is 1. The first-order valence-corrected chi connectivity index (χ1v) is 28.0. The molecule has 8 heteroatoms. The molecule has 0 radical (unpaired) electrons. The lowest BCUT2D eigenvalue weighted by Crippen LogP contribution is -2.50. The molecule has 0 aliphatic rings. The zero-order chi connectivity index (χ0) is 49.9. The van der Waals surface area contributed by atoms with Crippen LogP contribution in [0, 0.1) is 0 Å². The summed E-state index contributed by atoms with van der Waals surface area (Å²) in [6.07, 6.45) is 65.3. The van der Waals surface area contributed by atoms with Crippen LogP contribution in [0.15, 0.2) is 72.9 Å². The van der Waals surface area contributed by atoms with E-state index in [0.29, 0.717) is 19.3 Å². The van der Waals surface area contributed by atoms with Gasteiger partial charge < -0.3 is 23.8 Å². The Hall–Kier alpha value is -3.23. The average molecular weight is 954 g/mol. The second kappa shape index (κ2) is 50.2. The quantitative estimate of drug-likeness (QED) is 0.0281. The molecule has 0 heterocycles. The van der Waals surface area contributed by atoms with E-state index in [1.54, 1.807) is 0 Å². The Morgan fingerprint density at radius 1 is 0.441 bits per heavy atom. The number of carboxylic acid groups (broad SMARTS) is 1. The molecule has 0 bridgehead atoms. The molecule has 0 amide bonds. The summed E-state index contributed by atoms with van der Waals surface area (Å²) in [4.78, 5) is 37.3. The van der Waals surface area contributed by atoms with Crippen molar-refractivity contribution in [3.63, 3.8) is 0 Å². The summed E-state index contributed by atoms with van der Waals surface area (Å²) in [5, 5.41) is 9.67. The minimum absolute atomic E-state index is 0.0488. The van der Waals surface area contributed by atoms with Crippen LogP contribution in [0.2, 0.25) is 0 Å². The van der Waals surface area contributed by atoms with Crippen LogP contribution < -0.4 is 0 Å². The van der Waals surface area contributed by atoms with Crippen LogP contribution in [0.4, 0.5) is 0 Å². The van der Waals surface area contributed by atoms with Crippen LogP contribution in [0.3, 0.4) is 0 Å². The largest absolute Gasteiger partial charge is 0.477 e. The highest BCUT2D eigenvalue weighted by atomic mass is 16.6. The van der Waals surface area contributed by atoms with Crippen LogP contribution in [0.25, 0.3) is 0 Å². The van der Waals surface area contributed by atoms with Crippen molar-refractivity contribution >= 4 is 17.9 Å². The van der Waals surface area contributed by atoms with Gasteiger partial charge in [0.25, 0.3) is 0 Å². The van der Waals surface area contributed by atoms with Crippen molar-refractivity contribution in [3.05, 3.63) is 72.9 Å². The number of esters is 2. The van der Waals surface area contributed by atoms with Gasteiger partial charge >= 0.3 is 17.9 Å². The molecule has 0 aromatic carbocycles. The molecule has 8 nitrogen and oxygen atoms in total. The zero-order valence-corrected chi connectivity index (χ0v) is 44.8. The van der Waals surface area contributed by atoms with Crippen LogP contribution in [0.5, 0.6) is 0 Å². The zero-order valence-electron chi connectivity index (χ0n) is 44.8. The first-order chi connectivity index (χ1) is 33.1. The first-order valence-electron chi connectivity index (χ1n) is 28.0. The van der Waals surface area contributed by atoms with E-state index >= 15 is 0 Å². The van der Waals surface area contributed by atoms with E-state index in [-0.39, 0.29) is 36.2 Å². The van der Waals surface area contributed by atoms with Crippen molar-refractivity contribution in [2.24, 2.45) is 0 Å². The molecule has 0 aliphatic heterocycles. The normalized spacial score (nSPS) is 13.4. The second-order valence-corrected chi connectivity index (χ2v) is 19.8. The van der Waals surface area contributed by atoms with Gasteiger partial charge in [-0.1, -0.05) is 202 Å². The average Bonchev–Trinajstić information content (AvgIpc) is 3.30. The molecule has 1 N–H and O–H groups in total. The Balaban J connectivity index is 4.27. The van der Waals surface area contributed by atoms with Crippen molar-refractivity contribution < 1.29 is 38.2 Å². The summed E-state index contributed by atoms with van der Waals surface area (Å²) in [7, 11) is 5.53. The number of carbonyl (C=O) groups is 3. The molecule has 2 atom stereocenters. The Labute approximate surface area is 419 Å². The fourth-order valence-corrected chi connectivity index (χ4v) is 7.99. The van der Waals surface area contributed by atoms with Gasteiger partial charge in [0.2, 0.25) is 0 Å². The van der Waals surface area contributed by atoms with Gasteiger partial charge in [0, 0.05) is 19.3 Å². The second-order valence-electron chi connectivity index (χ2n) is 19.8. The Morgan fingerprint density at radius 3 is 1.18 bits per heavy atom. The highest BCUT2D eigenvalue weighted by molar-refractivity contribution is 5.72. The molecule has 0 saturated heterocycles. The number of allylic oxidation sites excluding steroid dienone is 12. The molecule has 0 aromatic rings. The molecular formula is C60H106NO7+. The van der Waals surface area contributed by atoms with Crippen molar-refractivity contribution in [3.8, 4) is 0 Å². The molecule has 0 saturated carbocycles. The number of unbranched alkanes of at least 4 members (excludes halogenated alkanes) is 24. The highest BCUT2D eigenvalue weighted by Gasteiger charge is 2.31. The van der Waals surface area contributed by atoms with Gasteiger partial charge in [0.05, 0.1) is 34.4 Å². The molecule has 0 fully saturated rings. The fourth-order valence-electron chi connectivity index (χ4n) is 7.99. The third kappa shape index (κ3) is 47.8. The maximum atomic E-state index is 12.8.